The van der Waals surface area contributed by atoms with Crippen LogP contribution in [0.5, 0.6) is 0 Å². The smallest absolute Gasteiger partial charge is 0.341 e. The molecule has 3 saturated carbocycles. The van der Waals surface area contributed by atoms with Crippen LogP contribution in [0.25, 0.3) is 0 Å². The van der Waals surface area contributed by atoms with Crippen LogP contribution in [-0.2, 0) is 20.7 Å². The molecule has 7 heteroatoms. The Kier molecular flexibility index (Phi) is 6.41. The molecule has 2 bridgehead atoms. The third kappa shape index (κ3) is 4.51. The highest BCUT2D eigenvalue weighted by Crippen LogP contribution is 2.49. The lowest BCUT2D eigenvalue weighted by molar-refractivity contribution is -0.156. The van der Waals surface area contributed by atoms with Crippen LogP contribution in [0.3, 0.4) is 0 Å². The molecule has 0 spiro atoms. The molecule has 0 saturated heterocycles. The predicted octanol–water partition coefficient (Wildman–Crippen LogP) is 4.59. The maximum absolute atomic E-state index is 13.3. The summed E-state index contributed by atoms with van der Waals surface area (Å²) in [4.78, 5) is 38.6. The number of nitrogens with one attached hydrogen (secondary N) is 1. The standard InChI is InChI=1S/C24H27NO5S/c1-2-30-24(29)18-13-17(12-14-6-4-3-5-7-14)31-22(18)25-21(26)19-15-8-10-16(11-9-15)20(19)23(27)28/h3-7,13,15-16,19-20H,2,8-12H2,1H3,(H,25,26)(H,27,28)/t15?,16?,19-,20+/m0/s1. The lowest BCUT2D eigenvalue weighted by Crippen LogP contribution is -2.49. The van der Waals surface area contributed by atoms with Gasteiger partial charge in [-0.3, -0.25) is 9.59 Å². The van der Waals surface area contributed by atoms with Crippen LogP contribution in [0.4, 0.5) is 5.00 Å². The molecule has 1 heterocycles. The summed E-state index contributed by atoms with van der Waals surface area (Å²) in [7, 11) is 0. The van der Waals surface area contributed by atoms with Crippen molar-refractivity contribution in [2.75, 3.05) is 11.9 Å². The molecular weight excluding hydrogens is 414 g/mol. The predicted molar refractivity (Wildman–Crippen MR) is 118 cm³/mol. The third-order valence-electron chi connectivity index (χ3n) is 6.54. The molecule has 164 valence electrons. The average molecular weight is 442 g/mol. The van der Waals surface area contributed by atoms with Crippen molar-refractivity contribution in [2.24, 2.45) is 23.7 Å². The number of carboxylic acids is 1. The van der Waals surface area contributed by atoms with Crippen LogP contribution in [-0.4, -0.2) is 29.6 Å². The van der Waals surface area contributed by atoms with Gasteiger partial charge in [-0.1, -0.05) is 30.3 Å². The first kappa shape index (κ1) is 21.6. The number of ether oxygens (including phenoxy) is 1. The zero-order valence-corrected chi connectivity index (χ0v) is 18.3. The summed E-state index contributed by atoms with van der Waals surface area (Å²) in [5.41, 5.74) is 1.44. The van der Waals surface area contributed by atoms with Crippen molar-refractivity contribution in [1.29, 1.82) is 0 Å². The van der Waals surface area contributed by atoms with Crippen molar-refractivity contribution in [1.82, 2.24) is 0 Å². The Bertz CT molecular complexity index is 962. The van der Waals surface area contributed by atoms with Gasteiger partial charge in [0.25, 0.3) is 0 Å². The zero-order valence-electron chi connectivity index (χ0n) is 17.5. The normalized spacial score (nSPS) is 24.5. The minimum atomic E-state index is -0.892. The Labute approximate surface area is 185 Å². The Morgan fingerprint density at radius 2 is 1.71 bits per heavy atom. The number of carbonyl (C=O) groups is 3. The lowest BCUT2D eigenvalue weighted by Gasteiger charge is -2.45. The molecule has 0 aliphatic heterocycles. The van der Waals surface area contributed by atoms with E-state index in [4.69, 9.17) is 4.74 Å². The zero-order chi connectivity index (χ0) is 22.0. The number of fused-ring (bicyclic) bond motifs is 3. The van der Waals surface area contributed by atoms with E-state index in [1.165, 1.54) is 11.3 Å². The topological polar surface area (TPSA) is 92.7 Å². The van der Waals surface area contributed by atoms with Crippen LogP contribution in [0, 0.1) is 23.7 Å². The van der Waals surface area contributed by atoms with Gasteiger partial charge in [-0.2, -0.15) is 0 Å². The fraction of sp³-hybridized carbons (Fsp3) is 0.458. The SMILES string of the molecule is CCOC(=O)c1cc(Cc2ccccc2)sc1NC(=O)[C@H]1C2CCC(CC2)[C@H]1C(=O)O. The van der Waals surface area contributed by atoms with E-state index in [1.54, 1.807) is 13.0 Å². The van der Waals surface area contributed by atoms with E-state index < -0.39 is 23.8 Å². The summed E-state index contributed by atoms with van der Waals surface area (Å²) >= 11 is 1.35. The van der Waals surface area contributed by atoms with Gasteiger partial charge in [0, 0.05) is 11.3 Å². The number of hydrogen-bond donors (Lipinski definition) is 2. The van der Waals surface area contributed by atoms with Crippen LogP contribution < -0.4 is 5.32 Å². The average Bonchev–Trinajstić information content (AvgIpc) is 3.16. The number of rotatable bonds is 7. The highest BCUT2D eigenvalue weighted by atomic mass is 32.1. The summed E-state index contributed by atoms with van der Waals surface area (Å²) in [5.74, 6) is -2.73. The summed E-state index contributed by atoms with van der Waals surface area (Å²) < 4.78 is 5.19. The first-order valence-electron chi connectivity index (χ1n) is 10.8. The Morgan fingerprint density at radius 3 is 2.32 bits per heavy atom. The second-order valence-electron chi connectivity index (χ2n) is 8.39. The maximum atomic E-state index is 13.3. The number of amides is 1. The summed E-state index contributed by atoms with van der Waals surface area (Å²) in [6.45, 7) is 1.98. The molecule has 2 atom stereocenters. The van der Waals surface area contributed by atoms with Gasteiger partial charge in [0.2, 0.25) is 5.91 Å². The Balaban J connectivity index is 1.59. The van der Waals surface area contributed by atoms with Gasteiger partial charge in [-0.25, -0.2) is 4.79 Å². The molecule has 1 aromatic heterocycles. The van der Waals surface area contributed by atoms with E-state index in [0.717, 1.165) is 36.1 Å². The van der Waals surface area contributed by atoms with Gasteiger partial charge in [0.05, 0.1) is 24.0 Å². The first-order chi connectivity index (χ1) is 15.0. The molecule has 1 amide bonds. The lowest BCUT2D eigenvalue weighted by atomic mass is 9.58. The number of hydrogen-bond acceptors (Lipinski definition) is 5. The van der Waals surface area contributed by atoms with E-state index >= 15 is 0 Å². The molecule has 3 fully saturated rings. The van der Waals surface area contributed by atoms with E-state index in [-0.39, 0.29) is 24.3 Å². The molecule has 0 unspecified atom stereocenters. The molecule has 5 rings (SSSR count). The number of esters is 1. The molecule has 3 aliphatic rings. The van der Waals surface area contributed by atoms with Gasteiger partial charge in [0.15, 0.2) is 0 Å². The number of benzene rings is 1. The molecule has 6 nitrogen and oxygen atoms in total. The fourth-order valence-electron chi connectivity index (χ4n) is 5.16. The number of aliphatic carboxylic acids is 1. The van der Waals surface area contributed by atoms with Crippen LogP contribution in [0.1, 0.15) is 53.4 Å². The molecular formula is C24H27NO5S. The number of carbonyl (C=O) groups excluding carboxylic acids is 2. The fourth-order valence-corrected chi connectivity index (χ4v) is 6.24. The number of thiophene rings is 1. The monoisotopic (exact) mass is 441 g/mol. The van der Waals surface area contributed by atoms with E-state index in [9.17, 15) is 19.5 Å². The van der Waals surface area contributed by atoms with Gasteiger partial charge >= 0.3 is 11.9 Å². The second kappa shape index (κ2) is 9.22. The Morgan fingerprint density at radius 1 is 1.06 bits per heavy atom. The van der Waals surface area contributed by atoms with E-state index in [1.807, 2.05) is 30.3 Å². The molecule has 2 aromatic rings. The summed E-state index contributed by atoms with van der Waals surface area (Å²) in [6, 6.07) is 11.7. The molecule has 3 aliphatic carbocycles. The van der Waals surface area contributed by atoms with Crippen molar-refractivity contribution in [2.45, 2.75) is 39.0 Å². The van der Waals surface area contributed by atoms with Gasteiger partial charge in [-0.05, 0) is 56.1 Å². The van der Waals surface area contributed by atoms with Crippen molar-refractivity contribution in [3.05, 3.63) is 52.4 Å². The second-order valence-corrected chi connectivity index (χ2v) is 9.53. The first-order valence-corrected chi connectivity index (χ1v) is 11.7. The highest BCUT2D eigenvalue weighted by molar-refractivity contribution is 7.16. The quantitative estimate of drug-likeness (QED) is 0.613. The number of anilines is 1. The molecule has 2 N–H and O–H groups in total. The van der Waals surface area contributed by atoms with Gasteiger partial charge in [-0.15, -0.1) is 11.3 Å². The number of carboxylic acid groups (broad SMARTS) is 1. The third-order valence-corrected chi connectivity index (χ3v) is 7.59. The molecule has 0 radical (unpaired) electrons. The van der Waals surface area contributed by atoms with Crippen molar-refractivity contribution < 1.29 is 24.2 Å². The molecule has 1 aromatic carbocycles. The van der Waals surface area contributed by atoms with Crippen molar-refractivity contribution in [3.63, 3.8) is 0 Å². The van der Waals surface area contributed by atoms with Crippen LogP contribution in [0.2, 0.25) is 0 Å². The van der Waals surface area contributed by atoms with E-state index in [0.29, 0.717) is 17.0 Å². The van der Waals surface area contributed by atoms with Gasteiger partial charge < -0.3 is 15.2 Å². The van der Waals surface area contributed by atoms with Crippen LogP contribution >= 0.6 is 11.3 Å². The minimum Gasteiger partial charge on any atom is -0.481 e. The summed E-state index contributed by atoms with van der Waals surface area (Å²) in [6.07, 6.45) is 4.17. The van der Waals surface area contributed by atoms with Crippen molar-refractivity contribution >= 4 is 34.2 Å². The molecule has 31 heavy (non-hydrogen) atoms. The largest absolute Gasteiger partial charge is 0.481 e. The van der Waals surface area contributed by atoms with Crippen LogP contribution in [0.15, 0.2) is 36.4 Å². The maximum Gasteiger partial charge on any atom is 0.341 e. The van der Waals surface area contributed by atoms with Crippen molar-refractivity contribution in [3.8, 4) is 0 Å². The van der Waals surface area contributed by atoms with E-state index in [2.05, 4.69) is 5.32 Å². The highest BCUT2D eigenvalue weighted by Gasteiger charge is 2.50. The minimum absolute atomic E-state index is 0.0553. The summed E-state index contributed by atoms with van der Waals surface area (Å²) in [5, 5.41) is 13.1. The Hall–Kier alpha value is -2.67. The van der Waals surface area contributed by atoms with Gasteiger partial charge in [0.1, 0.15) is 5.00 Å².